The van der Waals surface area contributed by atoms with Crippen LogP contribution in [-0.2, 0) is 5.75 Å². The predicted molar refractivity (Wildman–Crippen MR) is 116 cm³/mol. The van der Waals surface area contributed by atoms with Gasteiger partial charge < -0.3 is 4.74 Å². The minimum atomic E-state index is -0.150. The van der Waals surface area contributed by atoms with Crippen molar-refractivity contribution in [2.45, 2.75) is 10.9 Å². The molecule has 5 aromatic rings. The van der Waals surface area contributed by atoms with E-state index in [0.29, 0.717) is 33.5 Å². The van der Waals surface area contributed by atoms with Gasteiger partial charge in [0.05, 0.1) is 23.7 Å². The van der Waals surface area contributed by atoms with E-state index < -0.39 is 0 Å². The molecule has 0 atom stereocenters. The van der Waals surface area contributed by atoms with Crippen molar-refractivity contribution in [2.75, 3.05) is 7.11 Å². The Morgan fingerprint density at radius 2 is 1.93 bits per heavy atom. The number of hydrogen-bond donors (Lipinski definition) is 0. The number of para-hydroxylation sites is 1. The Morgan fingerprint density at radius 1 is 1.03 bits per heavy atom. The number of fused-ring (bicyclic) bond motifs is 3. The van der Waals surface area contributed by atoms with Gasteiger partial charge >= 0.3 is 0 Å². The topological polar surface area (TPSA) is 74.3 Å². The molecule has 8 heteroatoms. The van der Waals surface area contributed by atoms with Gasteiger partial charge in [0.25, 0.3) is 5.56 Å². The second kappa shape index (κ2) is 7.64. The molecular weight excluding hydrogens is 398 g/mol. The lowest BCUT2D eigenvalue weighted by Gasteiger charge is -2.12. The average Bonchev–Trinajstić information content (AvgIpc) is 3.22. The number of rotatable bonds is 5. The van der Waals surface area contributed by atoms with E-state index in [4.69, 9.17) is 4.74 Å². The first-order valence-corrected chi connectivity index (χ1v) is 10.3. The zero-order chi connectivity index (χ0) is 20.5. The summed E-state index contributed by atoms with van der Waals surface area (Å²) in [5.74, 6) is 1.82. The van der Waals surface area contributed by atoms with Gasteiger partial charge in [0.2, 0.25) is 5.78 Å². The minimum absolute atomic E-state index is 0.150. The largest absolute Gasteiger partial charge is 0.497 e. The third-order valence-corrected chi connectivity index (χ3v) is 5.80. The van der Waals surface area contributed by atoms with Crippen LogP contribution in [0.4, 0.5) is 0 Å². The third-order valence-electron chi connectivity index (χ3n) is 4.80. The fourth-order valence-corrected chi connectivity index (χ4v) is 4.26. The molecule has 0 unspecified atom stereocenters. The molecule has 0 bridgehead atoms. The van der Waals surface area contributed by atoms with Crippen LogP contribution >= 0.6 is 11.8 Å². The molecule has 3 aromatic heterocycles. The Bertz CT molecular complexity index is 1410. The normalized spacial score (nSPS) is 11.2. The molecule has 0 aliphatic rings. The third kappa shape index (κ3) is 3.11. The van der Waals surface area contributed by atoms with Crippen molar-refractivity contribution in [3.8, 4) is 11.4 Å². The van der Waals surface area contributed by atoms with Crippen molar-refractivity contribution >= 4 is 28.4 Å². The molecule has 3 heterocycles. The van der Waals surface area contributed by atoms with Gasteiger partial charge in [-0.2, -0.15) is 0 Å². The number of thioether (sulfide) groups is 1. The first-order valence-electron chi connectivity index (χ1n) is 9.31. The minimum Gasteiger partial charge on any atom is -0.497 e. The Labute approximate surface area is 176 Å². The Hall–Kier alpha value is -3.65. The van der Waals surface area contributed by atoms with Crippen molar-refractivity contribution in [1.29, 1.82) is 0 Å². The fourth-order valence-electron chi connectivity index (χ4n) is 3.39. The molecule has 148 valence electrons. The summed E-state index contributed by atoms with van der Waals surface area (Å²) >= 11 is 1.55. The highest BCUT2D eigenvalue weighted by atomic mass is 32.2. The molecule has 0 amide bonds. The highest BCUT2D eigenvalue weighted by molar-refractivity contribution is 7.98. The maximum Gasteiger partial charge on any atom is 0.267 e. The van der Waals surface area contributed by atoms with Gasteiger partial charge in [-0.25, -0.2) is 4.57 Å². The second-order valence-electron chi connectivity index (χ2n) is 6.63. The molecule has 2 aromatic carbocycles. The van der Waals surface area contributed by atoms with E-state index in [1.54, 1.807) is 29.6 Å². The lowest BCUT2D eigenvalue weighted by atomic mass is 10.2. The SMILES string of the molecule is COc1cccc(-n2c(=O)c3ccccc3n3c(SCc4cccnc4)nnc23)c1. The average molecular weight is 415 g/mol. The molecule has 0 saturated heterocycles. The van der Waals surface area contributed by atoms with E-state index in [-0.39, 0.29) is 5.56 Å². The molecule has 5 rings (SSSR count). The first-order chi connectivity index (χ1) is 14.8. The fraction of sp³-hybridized carbons (Fsp3) is 0.0909. The lowest BCUT2D eigenvalue weighted by molar-refractivity contribution is 0.414. The van der Waals surface area contributed by atoms with Gasteiger partial charge in [0, 0.05) is 24.2 Å². The summed E-state index contributed by atoms with van der Waals surface area (Å²) < 4.78 is 8.84. The van der Waals surface area contributed by atoms with Crippen LogP contribution in [0.25, 0.3) is 22.4 Å². The van der Waals surface area contributed by atoms with Crippen LogP contribution in [0.1, 0.15) is 5.56 Å². The van der Waals surface area contributed by atoms with Crippen LogP contribution in [0.3, 0.4) is 0 Å². The molecule has 0 N–H and O–H groups in total. The van der Waals surface area contributed by atoms with Gasteiger partial charge in [-0.3, -0.25) is 14.2 Å². The summed E-state index contributed by atoms with van der Waals surface area (Å²) in [5.41, 5.74) is 2.38. The molecule has 30 heavy (non-hydrogen) atoms. The Balaban J connectivity index is 1.73. The van der Waals surface area contributed by atoms with Gasteiger partial charge in [-0.15, -0.1) is 10.2 Å². The number of hydrogen-bond acceptors (Lipinski definition) is 6. The standard InChI is InChI=1S/C22H17N5O2S/c1-29-17-8-4-7-16(12-17)26-20(28)18-9-2-3-10-19(18)27-21(26)24-25-22(27)30-14-15-6-5-11-23-13-15/h2-13H,14H2,1H3. The molecule has 0 saturated carbocycles. The van der Waals surface area contributed by atoms with Gasteiger partial charge in [0.15, 0.2) is 5.16 Å². The van der Waals surface area contributed by atoms with E-state index in [1.807, 2.05) is 71.3 Å². The zero-order valence-electron chi connectivity index (χ0n) is 16.1. The first kappa shape index (κ1) is 18.4. The van der Waals surface area contributed by atoms with Crippen LogP contribution in [0.2, 0.25) is 0 Å². The van der Waals surface area contributed by atoms with Crippen LogP contribution in [-0.4, -0.2) is 31.3 Å². The summed E-state index contributed by atoms with van der Waals surface area (Å²) in [6, 6.07) is 18.8. The highest BCUT2D eigenvalue weighted by Gasteiger charge is 2.18. The maximum atomic E-state index is 13.4. The highest BCUT2D eigenvalue weighted by Crippen LogP contribution is 2.26. The van der Waals surface area contributed by atoms with Gasteiger partial charge in [-0.05, 0) is 35.9 Å². The monoisotopic (exact) mass is 415 g/mol. The second-order valence-corrected chi connectivity index (χ2v) is 7.57. The molecule has 0 radical (unpaired) electrons. The van der Waals surface area contributed by atoms with Crippen molar-refractivity contribution < 1.29 is 4.74 Å². The summed E-state index contributed by atoms with van der Waals surface area (Å²) in [6.45, 7) is 0. The summed E-state index contributed by atoms with van der Waals surface area (Å²) in [5, 5.41) is 10.1. The number of methoxy groups -OCH3 is 1. The molecule has 0 aliphatic heterocycles. The Morgan fingerprint density at radius 3 is 2.77 bits per heavy atom. The quantitative estimate of drug-likeness (QED) is 0.407. The summed E-state index contributed by atoms with van der Waals surface area (Å²) in [7, 11) is 1.60. The maximum absolute atomic E-state index is 13.4. The Kier molecular flexibility index (Phi) is 4.68. The van der Waals surface area contributed by atoms with Crippen LogP contribution in [0.5, 0.6) is 5.75 Å². The van der Waals surface area contributed by atoms with E-state index in [9.17, 15) is 4.79 Å². The molecule has 0 spiro atoms. The number of nitrogens with zero attached hydrogens (tertiary/aromatic N) is 5. The smallest absolute Gasteiger partial charge is 0.267 e. The number of ether oxygens (including phenoxy) is 1. The van der Waals surface area contributed by atoms with E-state index in [1.165, 1.54) is 0 Å². The molecule has 7 nitrogen and oxygen atoms in total. The van der Waals surface area contributed by atoms with E-state index >= 15 is 0 Å². The zero-order valence-corrected chi connectivity index (χ0v) is 16.9. The van der Waals surface area contributed by atoms with E-state index in [0.717, 1.165) is 11.1 Å². The summed E-state index contributed by atoms with van der Waals surface area (Å²) in [4.78, 5) is 17.5. The molecular formula is C22H17N5O2S. The molecule has 0 fully saturated rings. The number of benzene rings is 2. The molecule has 0 aliphatic carbocycles. The van der Waals surface area contributed by atoms with Gasteiger partial charge in [0.1, 0.15) is 5.75 Å². The van der Waals surface area contributed by atoms with E-state index in [2.05, 4.69) is 15.2 Å². The van der Waals surface area contributed by atoms with Crippen LogP contribution in [0.15, 0.2) is 83.0 Å². The summed E-state index contributed by atoms with van der Waals surface area (Å²) in [6.07, 6.45) is 3.58. The number of aromatic nitrogens is 5. The lowest BCUT2D eigenvalue weighted by Crippen LogP contribution is -2.21. The number of pyridine rings is 1. The predicted octanol–water partition coefficient (Wildman–Crippen LogP) is 3.73. The van der Waals surface area contributed by atoms with Crippen molar-refractivity contribution in [3.05, 3.63) is 89.0 Å². The van der Waals surface area contributed by atoms with Crippen molar-refractivity contribution in [2.24, 2.45) is 0 Å². The van der Waals surface area contributed by atoms with Crippen molar-refractivity contribution in [3.63, 3.8) is 0 Å². The van der Waals surface area contributed by atoms with Gasteiger partial charge in [-0.1, -0.05) is 36.0 Å². The van der Waals surface area contributed by atoms with Crippen LogP contribution < -0.4 is 10.3 Å². The van der Waals surface area contributed by atoms with Crippen molar-refractivity contribution in [1.82, 2.24) is 24.1 Å². The van der Waals surface area contributed by atoms with Crippen LogP contribution in [0, 0.1) is 0 Å².